The Morgan fingerprint density at radius 2 is 2.11 bits per heavy atom. The van der Waals surface area contributed by atoms with Gasteiger partial charge in [0, 0.05) is 18.4 Å². The summed E-state index contributed by atoms with van der Waals surface area (Å²) in [5.41, 5.74) is 0.129. The lowest BCUT2D eigenvalue weighted by atomic mass is 9.93. The number of nitrogens with zero attached hydrogens (tertiary/aromatic N) is 1. The molecule has 3 rings (SSSR count). The van der Waals surface area contributed by atoms with Crippen molar-refractivity contribution in [1.82, 2.24) is 0 Å². The van der Waals surface area contributed by atoms with Crippen LogP contribution in [0.2, 0.25) is 0 Å². The number of esters is 1. The molecular weight excluding hydrogens is 376 g/mol. The van der Waals surface area contributed by atoms with E-state index < -0.39 is 30.4 Å². The van der Waals surface area contributed by atoms with E-state index in [4.69, 9.17) is 19.0 Å². The molecule has 7 nitrogen and oxygen atoms in total. The molecule has 0 amide bonds. The molecule has 0 bridgehead atoms. The topological polar surface area (TPSA) is 75.6 Å². The molecule has 1 aromatic carbocycles. The van der Waals surface area contributed by atoms with Crippen molar-refractivity contribution in [1.29, 1.82) is 0 Å². The summed E-state index contributed by atoms with van der Waals surface area (Å²) in [6, 6.07) is 4.44. The third-order valence-electron chi connectivity index (χ3n) is 4.16. The Balaban J connectivity index is 1.74. The van der Waals surface area contributed by atoms with Crippen LogP contribution in [0.5, 0.6) is 11.5 Å². The van der Waals surface area contributed by atoms with E-state index in [0.717, 1.165) is 6.42 Å². The highest BCUT2D eigenvalue weighted by molar-refractivity contribution is 6.02. The quantitative estimate of drug-likeness (QED) is 0.684. The zero-order valence-electron chi connectivity index (χ0n) is 16.0. The molecule has 0 aliphatic carbocycles. The average molecular weight is 399 g/mol. The van der Waals surface area contributed by atoms with E-state index in [0.29, 0.717) is 30.9 Å². The molecule has 154 valence electrons. The maximum Gasteiger partial charge on any atom is 0.387 e. The number of hydrogen-bond donors (Lipinski definition) is 0. The number of ether oxygens (including phenoxy) is 4. The van der Waals surface area contributed by atoms with Gasteiger partial charge in [0.1, 0.15) is 5.60 Å². The fraction of sp³-hybridized carbons (Fsp3) is 0.579. The summed E-state index contributed by atoms with van der Waals surface area (Å²) in [4.78, 5) is 17.4. The molecule has 1 fully saturated rings. The van der Waals surface area contributed by atoms with Crippen LogP contribution in [0.25, 0.3) is 0 Å². The first-order chi connectivity index (χ1) is 13.2. The Morgan fingerprint density at radius 1 is 1.32 bits per heavy atom. The van der Waals surface area contributed by atoms with Crippen LogP contribution in [0.4, 0.5) is 8.78 Å². The maximum absolute atomic E-state index is 12.7. The monoisotopic (exact) mass is 399 g/mol. The molecule has 2 heterocycles. The van der Waals surface area contributed by atoms with Crippen molar-refractivity contribution in [3.05, 3.63) is 23.8 Å². The predicted octanol–water partition coefficient (Wildman–Crippen LogP) is 3.29. The van der Waals surface area contributed by atoms with Gasteiger partial charge in [0.25, 0.3) is 0 Å². The first kappa shape index (κ1) is 20.3. The van der Waals surface area contributed by atoms with Crippen LogP contribution in [0.1, 0.15) is 39.2 Å². The SMILES string of the molecule is CC(C)(C)OC(=O)COc1cc(C2=NOC3(CCOC3)C2)ccc1OC(F)F. The van der Waals surface area contributed by atoms with E-state index in [1.54, 1.807) is 26.8 Å². The van der Waals surface area contributed by atoms with Crippen molar-refractivity contribution < 1.29 is 37.4 Å². The average Bonchev–Trinajstić information content (AvgIpc) is 3.22. The lowest BCUT2D eigenvalue weighted by molar-refractivity contribution is -0.157. The van der Waals surface area contributed by atoms with Crippen molar-refractivity contribution in [2.45, 2.75) is 51.4 Å². The van der Waals surface area contributed by atoms with Gasteiger partial charge in [0.2, 0.25) is 0 Å². The van der Waals surface area contributed by atoms with Crippen LogP contribution in [0, 0.1) is 0 Å². The molecular formula is C19H23F2NO6. The summed E-state index contributed by atoms with van der Waals surface area (Å²) < 4.78 is 45.8. The maximum atomic E-state index is 12.7. The van der Waals surface area contributed by atoms with Gasteiger partial charge in [0.05, 0.1) is 18.9 Å². The van der Waals surface area contributed by atoms with E-state index in [-0.39, 0.29) is 11.5 Å². The number of carbonyl (C=O) groups excluding carboxylic acids is 1. The van der Waals surface area contributed by atoms with Gasteiger partial charge in [-0.3, -0.25) is 0 Å². The zero-order chi connectivity index (χ0) is 20.4. The Kier molecular flexibility index (Phi) is 5.74. The van der Waals surface area contributed by atoms with Crippen LogP contribution in [0.15, 0.2) is 23.4 Å². The number of rotatable bonds is 6. The summed E-state index contributed by atoms with van der Waals surface area (Å²) in [6.07, 6.45) is 1.27. The molecule has 0 N–H and O–H groups in total. The Morgan fingerprint density at radius 3 is 2.75 bits per heavy atom. The molecule has 0 radical (unpaired) electrons. The second-order valence-corrected chi connectivity index (χ2v) is 7.71. The van der Waals surface area contributed by atoms with Gasteiger partial charge in [-0.1, -0.05) is 5.16 Å². The number of benzene rings is 1. The van der Waals surface area contributed by atoms with Crippen LogP contribution in [-0.4, -0.2) is 49.3 Å². The highest BCUT2D eigenvalue weighted by Crippen LogP contribution is 2.36. The highest BCUT2D eigenvalue weighted by atomic mass is 19.3. The number of halogens is 2. The lowest BCUT2D eigenvalue weighted by Gasteiger charge is -2.20. The molecule has 9 heteroatoms. The van der Waals surface area contributed by atoms with E-state index in [1.807, 2.05) is 0 Å². The number of alkyl halides is 2. The van der Waals surface area contributed by atoms with Crippen LogP contribution in [-0.2, 0) is 19.1 Å². The van der Waals surface area contributed by atoms with Crippen molar-refractivity contribution in [2.75, 3.05) is 19.8 Å². The van der Waals surface area contributed by atoms with Crippen molar-refractivity contribution in [2.24, 2.45) is 5.16 Å². The van der Waals surface area contributed by atoms with Crippen LogP contribution >= 0.6 is 0 Å². The normalized spacial score (nSPS) is 21.6. The summed E-state index contributed by atoms with van der Waals surface area (Å²) >= 11 is 0. The minimum atomic E-state index is -3.03. The van der Waals surface area contributed by atoms with Gasteiger partial charge in [-0.15, -0.1) is 0 Å². The van der Waals surface area contributed by atoms with Crippen molar-refractivity contribution >= 4 is 11.7 Å². The van der Waals surface area contributed by atoms with Gasteiger partial charge in [0.15, 0.2) is 23.7 Å². The van der Waals surface area contributed by atoms with E-state index in [1.165, 1.54) is 12.1 Å². The zero-order valence-corrected chi connectivity index (χ0v) is 16.0. The number of hydrogen-bond acceptors (Lipinski definition) is 7. The van der Waals surface area contributed by atoms with Gasteiger partial charge in [-0.25, -0.2) is 4.79 Å². The number of carbonyl (C=O) groups is 1. The molecule has 2 aliphatic heterocycles. The molecule has 1 atom stereocenters. The molecule has 1 unspecified atom stereocenters. The van der Waals surface area contributed by atoms with Gasteiger partial charge >= 0.3 is 12.6 Å². The molecule has 0 saturated carbocycles. The fourth-order valence-electron chi connectivity index (χ4n) is 2.98. The number of oxime groups is 1. The summed E-state index contributed by atoms with van der Waals surface area (Å²) in [7, 11) is 0. The summed E-state index contributed by atoms with van der Waals surface area (Å²) in [5, 5.41) is 4.12. The van der Waals surface area contributed by atoms with E-state index in [2.05, 4.69) is 9.89 Å². The smallest absolute Gasteiger partial charge is 0.387 e. The third kappa shape index (κ3) is 5.09. The highest BCUT2D eigenvalue weighted by Gasteiger charge is 2.43. The molecule has 1 aromatic rings. The van der Waals surface area contributed by atoms with Gasteiger partial charge in [-0.05, 0) is 39.0 Å². The molecule has 0 aromatic heterocycles. The minimum absolute atomic E-state index is 0.00465. The summed E-state index contributed by atoms with van der Waals surface area (Å²) in [6.45, 7) is 2.75. The van der Waals surface area contributed by atoms with Crippen molar-refractivity contribution in [3.8, 4) is 11.5 Å². The largest absolute Gasteiger partial charge is 0.478 e. The predicted molar refractivity (Wildman–Crippen MR) is 94.8 cm³/mol. The first-order valence-corrected chi connectivity index (χ1v) is 8.92. The van der Waals surface area contributed by atoms with E-state index in [9.17, 15) is 13.6 Å². The van der Waals surface area contributed by atoms with Crippen LogP contribution < -0.4 is 9.47 Å². The van der Waals surface area contributed by atoms with Crippen LogP contribution in [0.3, 0.4) is 0 Å². The molecule has 28 heavy (non-hydrogen) atoms. The van der Waals surface area contributed by atoms with Gasteiger partial charge in [-0.2, -0.15) is 8.78 Å². The Hall–Kier alpha value is -2.42. The molecule has 1 spiro atoms. The van der Waals surface area contributed by atoms with Gasteiger partial charge < -0.3 is 23.8 Å². The first-order valence-electron chi connectivity index (χ1n) is 8.92. The second-order valence-electron chi connectivity index (χ2n) is 7.71. The third-order valence-corrected chi connectivity index (χ3v) is 4.16. The molecule has 1 saturated heterocycles. The summed E-state index contributed by atoms with van der Waals surface area (Å²) in [5.74, 6) is -0.805. The minimum Gasteiger partial charge on any atom is -0.478 e. The Labute approximate surface area is 161 Å². The second kappa shape index (κ2) is 7.90. The van der Waals surface area contributed by atoms with E-state index >= 15 is 0 Å². The fourth-order valence-corrected chi connectivity index (χ4v) is 2.98. The molecule has 2 aliphatic rings. The standard InChI is InChI=1S/C19H23F2NO6/c1-18(2,3)27-16(23)10-25-15-8-12(4-5-14(15)26-17(20)21)13-9-19(28-22-13)6-7-24-11-19/h4-5,8,17H,6-7,9-11H2,1-3H3. The Bertz CT molecular complexity index is 753. The van der Waals surface area contributed by atoms with Crippen molar-refractivity contribution in [3.63, 3.8) is 0 Å². The lowest BCUT2D eigenvalue weighted by Crippen LogP contribution is -2.29.